The highest BCUT2D eigenvalue weighted by molar-refractivity contribution is 6.42. The van der Waals surface area contributed by atoms with Gasteiger partial charge in [0.1, 0.15) is 12.4 Å². The summed E-state index contributed by atoms with van der Waals surface area (Å²) in [4.78, 5) is 12.4. The van der Waals surface area contributed by atoms with E-state index in [1.807, 2.05) is 56.3 Å². The predicted octanol–water partition coefficient (Wildman–Crippen LogP) is 5.65. The van der Waals surface area contributed by atoms with Crippen molar-refractivity contribution in [1.29, 1.82) is 0 Å². The van der Waals surface area contributed by atoms with Crippen molar-refractivity contribution in [2.45, 2.75) is 20.5 Å². The Bertz CT molecular complexity index is 1150. The molecule has 160 valence electrons. The van der Waals surface area contributed by atoms with Crippen molar-refractivity contribution >= 4 is 34.9 Å². The van der Waals surface area contributed by atoms with Gasteiger partial charge in [-0.05, 0) is 66.4 Å². The molecule has 6 nitrogen and oxygen atoms in total. The van der Waals surface area contributed by atoms with E-state index in [4.69, 9.17) is 27.9 Å². The first-order chi connectivity index (χ1) is 14.8. The van der Waals surface area contributed by atoms with Gasteiger partial charge >= 0.3 is 6.03 Å². The first kappa shape index (κ1) is 21.5. The van der Waals surface area contributed by atoms with E-state index in [-0.39, 0.29) is 6.03 Å². The van der Waals surface area contributed by atoms with Gasteiger partial charge in [-0.1, -0.05) is 47.5 Å². The Labute approximate surface area is 191 Å². The van der Waals surface area contributed by atoms with Gasteiger partial charge in [-0.15, -0.1) is 11.1 Å². The van der Waals surface area contributed by atoms with E-state index in [1.165, 1.54) is 10.0 Å². The molecule has 1 heterocycles. The summed E-state index contributed by atoms with van der Waals surface area (Å²) in [7, 11) is 1.65. The van der Waals surface area contributed by atoms with E-state index in [2.05, 4.69) is 17.1 Å². The highest BCUT2D eigenvalue weighted by atomic mass is 35.5. The maximum atomic E-state index is 12.4. The van der Waals surface area contributed by atoms with Crippen molar-refractivity contribution in [2.24, 2.45) is 0 Å². The molecule has 3 aromatic carbocycles. The number of nitrogens with one attached hydrogen (secondary N) is 2. The van der Waals surface area contributed by atoms with Gasteiger partial charge in [0.15, 0.2) is 0 Å². The van der Waals surface area contributed by atoms with E-state index in [0.29, 0.717) is 16.7 Å². The number of nitrogens with zero attached hydrogens (tertiary/aromatic N) is 2. The molecule has 1 saturated heterocycles. The number of benzene rings is 3. The van der Waals surface area contributed by atoms with Crippen LogP contribution in [0.15, 0.2) is 54.6 Å². The zero-order valence-electron chi connectivity index (χ0n) is 17.4. The monoisotopic (exact) mass is 456 g/mol. The second-order valence-electron chi connectivity index (χ2n) is 7.37. The summed E-state index contributed by atoms with van der Waals surface area (Å²) < 4.78 is 6.15. The Morgan fingerprint density at radius 2 is 1.65 bits per heavy atom. The number of hydrogen-bond acceptors (Lipinski definition) is 4. The molecule has 0 spiro atoms. The van der Waals surface area contributed by atoms with E-state index in [0.717, 1.165) is 39.3 Å². The lowest BCUT2D eigenvalue weighted by atomic mass is 10.0. The maximum Gasteiger partial charge on any atom is 0.355 e. The Kier molecular flexibility index (Phi) is 6.07. The molecule has 1 aliphatic heterocycles. The van der Waals surface area contributed by atoms with Gasteiger partial charge in [-0.25, -0.2) is 14.8 Å². The molecule has 8 heteroatoms. The lowest BCUT2D eigenvalue weighted by Crippen LogP contribution is -2.38. The van der Waals surface area contributed by atoms with Gasteiger partial charge in [0.25, 0.3) is 0 Å². The molecule has 0 aliphatic carbocycles. The highest BCUT2D eigenvalue weighted by Gasteiger charge is 2.28. The Hall–Kier alpha value is -2.77. The fourth-order valence-corrected chi connectivity index (χ4v) is 3.73. The third kappa shape index (κ3) is 4.34. The summed E-state index contributed by atoms with van der Waals surface area (Å²) in [6.07, 6.45) is 0. The zero-order valence-corrected chi connectivity index (χ0v) is 18.9. The molecular weight excluding hydrogens is 435 g/mol. The van der Waals surface area contributed by atoms with E-state index < -0.39 is 0 Å². The van der Waals surface area contributed by atoms with Crippen LogP contribution in [0.2, 0.25) is 10.0 Å². The molecule has 2 N–H and O–H groups in total. The number of hydrogen-bond donors (Lipinski definition) is 2. The van der Waals surface area contributed by atoms with Crippen LogP contribution in [0.4, 0.5) is 10.5 Å². The minimum atomic E-state index is -0.200. The molecular formula is C23H22Cl2N4O2. The molecule has 4 rings (SSSR count). The molecule has 0 bridgehead atoms. The number of ether oxygens (including phenoxy) is 1. The van der Waals surface area contributed by atoms with Crippen molar-refractivity contribution < 1.29 is 9.53 Å². The maximum absolute atomic E-state index is 12.4. The number of carbonyl (C=O) groups excluding carboxylic acids is 1. The van der Waals surface area contributed by atoms with Crippen LogP contribution in [0.5, 0.6) is 5.75 Å². The van der Waals surface area contributed by atoms with Crippen molar-refractivity contribution in [1.82, 2.24) is 16.1 Å². The minimum absolute atomic E-state index is 0.200. The van der Waals surface area contributed by atoms with Crippen LogP contribution in [-0.4, -0.2) is 18.1 Å². The van der Waals surface area contributed by atoms with Gasteiger partial charge < -0.3 is 4.74 Å². The van der Waals surface area contributed by atoms with Crippen molar-refractivity contribution in [2.75, 3.05) is 12.1 Å². The zero-order chi connectivity index (χ0) is 22.1. The number of anilines is 1. The van der Waals surface area contributed by atoms with E-state index in [1.54, 1.807) is 13.1 Å². The van der Waals surface area contributed by atoms with Crippen LogP contribution < -0.4 is 20.8 Å². The van der Waals surface area contributed by atoms with Crippen LogP contribution in [0.1, 0.15) is 16.7 Å². The van der Waals surface area contributed by atoms with Gasteiger partial charge in [-0.2, -0.15) is 0 Å². The van der Waals surface area contributed by atoms with Crippen LogP contribution in [-0.2, 0) is 6.61 Å². The quantitative estimate of drug-likeness (QED) is 0.520. The lowest BCUT2D eigenvalue weighted by Gasteiger charge is -2.20. The molecule has 0 saturated carbocycles. The SMILES string of the molecule is Cc1cc(-c2ccc(Cl)c(Cl)c2)ccc1OCc1c(C)cccc1N1NNN(C)C1=O. The molecule has 0 unspecified atom stereocenters. The first-order valence-electron chi connectivity index (χ1n) is 9.71. The lowest BCUT2D eigenvalue weighted by molar-refractivity contribution is 0.214. The Morgan fingerprint density at radius 1 is 0.903 bits per heavy atom. The third-order valence-electron chi connectivity index (χ3n) is 5.23. The third-order valence-corrected chi connectivity index (χ3v) is 5.97. The molecule has 1 fully saturated rings. The van der Waals surface area contributed by atoms with Crippen molar-refractivity contribution in [3.05, 3.63) is 81.3 Å². The Morgan fingerprint density at radius 3 is 2.32 bits per heavy atom. The average Bonchev–Trinajstić information content (AvgIpc) is 3.08. The fraction of sp³-hybridized carbons (Fsp3) is 0.174. The number of hydrazine groups is 3. The number of rotatable bonds is 5. The standard InChI is InChI=1S/C23H22Cl2N4O2/c1-14-5-4-6-21(29-23(30)28(3)26-27-29)18(14)13-31-22-10-8-16(11-15(22)2)17-7-9-19(24)20(25)12-17/h4-12,26-27H,13H2,1-3H3. The van der Waals surface area contributed by atoms with Crippen LogP contribution in [0.3, 0.4) is 0 Å². The predicted molar refractivity (Wildman–Crippen MR) is 124 cm³/mol. The molecule has 3 aromatic rings. The second kappa shape index (κ2) is 8.77. The van der Waals surface area contributed by atoms with Crippen molar-refractivity contribution in [3.63, 3.8) is 0 Å². The largest absolute Gasteiger partial charge is 0.489 e. The first-order valence-corrected chi connectivity index (χ1v) is 10.5. The van der Waals surface area contributed by atoms with Crippen LogP contribution in [0, 0.1) is 13.8 Å². The van der Waals surface area contributed by atoms with E-state index >= 15 is 0 Å². The minimum Gasteiger partial charge on any atom is -0.489 e. The topological polar surface area (TPSA) is 56.8 Å². The number of carbonyl (C=O) groups is 1. The normalized spacial score (nSPS) is 13.8. The summed E-state index contributed by atoms with van der Waals surface area (Å²) in [6.45, 7) is 4.32. The number of urea groups is 1. The van der Waals surface area contributed by atoms with Gasteiger partial charge in [0.2, 0.25) is 0 Å². The average molecular weight is 457 g/mol. The molecule has 31 heavy (non-hydrogen) atoms. The van der Waals surface area contributed by atoms with Gasteiger partial charge in [0, 0.05) is 12.6 Å². The summed E-state index contributed by atoms with van der Waals surface area (Å²) >= 11 is 12.2. The summed E-state index contributed by atoms with van der Waals surface area (Å²) in [5.41, 5.74) is 11.4. The number of amides is 2. The van der Waals surface area contributed by atoms with Crippen molar-refractivity contribution in [3.8, 4) is 16.9 Å². The molecule has 0 atom stereocenters. The summed E-state index contributed by atoms with van der Waals surface area (Å²) in [5, 5.41) is 3.89. The Balaban J connectivity index is 1.56. The molecule has 0 radical (unpaired) electrons. The highest BCUT2D eigenvalue weighted by Crippen LogP contribution is 2.32. The summed E-state index contributed by atoms with van der Waals surface area (Å²) in [6, 6.07) is 17.2. The fourth-order valence-electron chi connectivity index (χ4n) is 3.43. The molecule has 1 aliphatic rings. The number of halogens is 2. The summed E-state index contributed by atoms with van der Waals surface area (Å²) in [5.74, 6) is 0.772. The van der Waals surface area contributed by atoms with E-state index in [9.17, 15) is 4.79 Å². The van der Waals surface area contributed by atoms with Crippen LogP contribution in [0.25, 0.3) is 11.1 Å². The van der Waals surface area contributed by atoms with Gasteiger partial charge in [-0.3, -0.25) is 0 Å². The molecule has 0 aromatic heterocycles. The molecule has 2 amide bonds. The second-order valence-corrected chi connectivity index (χ2v) is 8.19. The number of aryl methyl sites for hydroxylation is 2. The van der Waals surface area contributed by atoms with Gasteiger partial charge in [0.05, 0.1) is 15.7 Å². The smallest absolute Gasteiger partial charge is 0.355 e. The van der Waals surface area contributed by atoms with Crippen LogP contribution >= 0.6 is 23.2 Å².